The molecule has 3 atom stereocenters. The van der Waals surface area contributed by atoms with Crippen LogP contribution >= 0.6 is 0 Å². The number of carbonyl (C=O) groups is 1. The Balaban J connectivity index is 1.59. The molecule has 8 nitrogen and oxygen atoms in total. The fraction of sp³-hybridized carbons (Fsp3) is 0.571. The molecule has 2 unspecified atom stereocenters. The van der Waals surface area contributed by atoms with Gasteiger partial charge < -0.3 is 24.5 Å². The Hall–Kier alpha value is -2.68. The van der Waals surface area contributed by atoms with Crippen LogP contribution < -0.4 is 20.7 Å². The van der Waals surface area contributed by atoms with Crippen molar-refractivity contribution in [2.75, 3.05) is 39.5 Å². The molecule has 0 aliphatic carbocycles. The van der Waals surface area contributed by atoms with Crippen LogP contribution in [0.4, 0.5) is 0 Å². The molecule has 1 aromatic rings. The minimum Gasteiger partial charge on any atom is -0.493 e. The number of benzene rings is 1. The van der Waals surface area contributed by atoms with Gasteiger partial charge in [-0.1, -0.05) is 32.1 Å². The summed E-state index contributed by atoms with van der Waals surface area (Å²) in [6.07, 6.45) is 9.30. The van der Waals surface area contributed by atoms with E-state index in [1.807, 2.05) is 48.4 Å². The van der Waals surface area contributed by atoms with E-state index in [0.717, 1.165) is 55.8 Å². The topological polar surface area (TPSA) is 98.4 Å². The number of ether oxygens (including phenoxy) is 2. The lowest BCUT2D eigenvalue weighted by molar-refractivity contribution is -0.130. The van der Waals surface area contributed by atoms with E-state index in [1.54, 1.807) is 0 Å². The maximum atomic E-state index is 13.7. The van der Waals surface area contributed by atoms with Gasteiger partial charge in [-0.2, -0.15) is 0 Å². The summed E-state index contributed by atoms with van der Waals surface area (Å²) in [6.45, 7) is 10.2. The third-order valence-corrected chi connectivity index (χ3v) is 6.92. The highest BCUT2D eigenvalue weighted by Gasteiger charge is 2.33. The van der Waals surface area contributed by atoms with E-state index >= 15 is 0 Å². The van der Waals surface area contributed by atoms with Gasteiger partial charge in [-0.25, -0.2) is 5.90 Å². The number of amides is 1. The van der Waals surface area contributed by atoms with E-state index in [4.69, 9.17) is 15.4 Å². The van der Waals surface area contributed by atoms with Crippen LogP contribution in [0.15, 0.2) is 52.7 Å². The number of aliphatic imine (C=N–C) groups is 1. The number of nitrogens with one attached hydrogen (secondary N) is 1. The Morgan fingerprint density at radius 2 is 1.94 bits per heavy atom. The monoisotopic (exact) mass is 498 g/mol. The summed E-state index contributed by atoms with van der Waals surface area (Å²) in [5, 5.41) is 3.43. The Morgan fingerprint density at radius 1 is 1.19 bits per heavy atom. The van der Waals surface area contributed by atoms with Gasteiger partial charge in [0.25, 0.3) is 5.91 Å². The summed E-state index contributed by atoms with van der Waals surface area (Å²) in [7, 11) is 0. The molecular formula is C28H42N4O4. The molecule has 3 rings (SSSR count). The van der Waals surface area contributed by atoms with Crippen LogP contribution in [0, 0.1) is 11.8 Å². The fourth-order valence-corrected chi connectivity index (χ4v) is 4.52. The van der Waals surface area contributed by atoms with Crippen molar-refractivity contribution in [3.8, 4) is 11.5 Å². The van der Waals surface area contributed by atoms with E-state index in [1.165, 1.54) is 0 Å². The maximum absolute atomic E-state index is 13.7. The van der Waals surface area contributed by atoms with Crippen molar-refractivity contribution in [1.29, 1.82) is 0 Å². The second-order valence-electron chi connectivity index (χ2n) is 9.47. The molecule has 198 valence electrons. The van der Waals surface area contributed by atoms with Crippen molar-refractivity contribution in [3.63, 3.8) is 0 Å². The molecule has 0 bridgehead atoms. The smallest absolute Gasteiger partial charge is 0.272 e. The SMILES string of the molecule is C/C=C\CC1=C(C(=O)N2CCNC[C@H]2CCOc2cccc(OCCCCON)c2)N=CC(C)C1C. The molecule has 0 aromatic heterocycles. The van der Waals surface area contributed by atoms with Crippen LogP contribution in [0.2, 0.25) is 0 Å². The molecule has 2 aliphatic rings. The van der Waals surface area contributed by atoms with Crippen molar-refractivity contribution >= 4 is 12.1 Å². The molecule has 1 saturated heterocycles. The van der Waals surface area contributed by atoms with Gasteiger partial charge in [0.15, 0.2) is 0 Å². The number of nitrogens with zero attached hydrogens (tertiary/aromatic N) is 2. The summed E-state index contributed by atoms with van der Waals surface area (Å²) in [6, 6.07) is 7.72. The van der Waals surface area contributed by atoms with Crippen LogP contribution in [-0.4, -0.2) is 62.5 Å². The van der Waals surface area contributed by atoms with Gasteiger partial charge in [0.05, 0.1) is 19.8 Å². The van der Waals surface area contributed by atoms with Crippen LogP contribution in [0.25, 0.3) is 0 Å². The van der Waals surface area contributed by atoms with Gasteiger partial charge in [-0.05, 0) is 55.7 Å². The van der Waals surface area contributed by atoms with Crippen molar-refractivity contribution in [3.05, 3.63) is 47.7 Å². The molecular weight excluding hydrogens is 456 g/mol. The van der Waals surface area contributed by atoms with Crippen molar-refractivity contribution in [2.24, 2.45) is 22.7 Å². The predicted molar refractivity (Wildman–Crippen MR) is 143 cm³/mol. The lowest BCUT2D eigenvalue weighted by Gasteiger charge is -2.37. The number of nitrogens with two attached hydrogens (primary N) is 1. The van der Waals surface area contributed by atoms with Gasteiger partial charge in [-0.15, -0.1) is 0 Å². The number of hydrogen-bond donors (Lipinski definition) is 2. The Labute approximate surface area is 215 Å². The fourth-order valence-electron chi connectivity index (χ4n) is 4.52. The molecule has 8 heteroatoms. The molecule has 36 heavy (non-hydrogen) atoms. The zero-order valence-electron chi connectivity index (χ0n) is 21.9. The second-order valence-corrected chi connectivity index (χ2v) is 9.47. The van der Waals surface area contributed by atoms with E-state index in [2.05, 4.69) is 35.1 Å². The van der Waals surface area contributed by atoms with Crippen LogP contribution in [0.5, 0.6) is 11.5 Å². The zero-order chi connectivity index (χ0) is 25.8. The van der Waals surface area contributed by atoms with Gasteiger partial charge in [0.1, 0.15) is 17.2 Å². The average molecular weight is 499 g/mol. The minimum absolute atomic E-state index is 0.0337. The predicted octanol–water partition coefficient (Wildman–Crippen LogP) is 3.88. The number of unbranched alkanes of at least 4 members (excludes halogenated alkanes) is 1. The van der Waals surface area contributed by atoms with Crippen molar-refractivity contribution in [2.45, 2.75) is 52.5 Å². The largest absolute Gasteiger partial charge is 0.493 e. The number of carbonyl (C=O) groups excluding carboxylic acids is 1. The highest BCUT2D eigenvalue weighted by Crippen LogP contribution is 2.31. The number of piperazine rings is 1. The molecule has 0 radical (unpaired) electrons. The molecule has 3 N–H and O–H groups in total. The van der Waals surface area contributed by atoms with Gasteiger partial charge in [0.2, 0.25) is 0 Å². The average Bonchev–Trinajstić information content (AvgIpc) is 2.89. The van der Waals surface area contributed by atoms with Gasteiger partial charge in [0, 0.05) is 44.4 Å². The first-order valence-corrected chi connectivity index (χ1v) is 13.1. The molecule has 1 fully saturated rings. The van der Waals surface area contributed by atoms with Crippen molar-refractivity contribution < 1.29 is 19.1 Å². The van der Waals surface area contributed by atoms with Crippen LogP contribution in [0.3, 0.4) is 0 Å². The number of allylic oxidation sites excluding steroid dienone is 3. The van der Waals surface area contributed by atoms with E-state index < -0.39 is 0 Å². The normalized spacial score (nSPS) is 22.3. The third-order valence-electron chi connectivity index (χ3n) is 6.92. The quantitative estimate of drug-likeness (QED) is 0.243. The van der Waals surface area contributed by atoms with E-state index in [0.29, 0.717) is 43.9 Å². The Bertz CT molecular complexity index is 930. The first-order valence-electron chi connectivity index (χ1n) is 13.1. The summed E-state index contributed by atoms with van der Waals surface area (Å²) >= 11 is 0. The molecule has 1 amide bonds. The van der Waals surface area contributed by atoms with Gasteiger partial charge in [-0.3, -0.25) is 9.79 Å². The third kappa shape index (κ3) is 7.91. The highest BCUT2D eigenvalue weighted by atomic mass is 16.6. The van der Waals surface area contributed by atoms with Crippen LogP contribution in [0.1, 0.15) is 46.5 Å². The highest BCUT2D eigenvalue weighted by molar-refractivity contribution is 5.96. The number of rotatable bonds is 13. The standard InChI is InChI=1S/C28H42N4O4/c1-4-5-11-26-22(3)21(2)19-31-27(26)28(33)32-14-13-30-20-23(32)12-17-35-25-10-8-9-24(18-25)34-15-6-7-16-36-29/h4-5,8-10,18-19,21-23,30H,6-7,11-17,20,29H2,1-3H3/b5-4-/t21?,22?,23-/m1/s1. The second kappa shape index (κ2) is 14.8. The zero-order valence-corrected chi connectivity index (χ0v) is 21.9. The first kappa shape index (κ1) is 27.9. The first-order chi connectivity index (χ1) is 17.5. The number of hydrogen-bond acceptors (Lipinski definition) is 7. The summed E-state index contributed by atoms with van der Waals surface area (Å²) in [5.41, 5.74) is 1.75. The Morgan fingerprint density at radius 3 is 2.69 bits per heavy atom. The molecule has 0 spiro atoms. The van der Waals surface area contributed by atoms with Crippen molar-refractivity contribution in [1.82, 2.24) is 10.2 Å². The molecule has 2 heterocycles. The van der Waals surface area contributed by atoms with Crippen LogP contribution in [-0.2, 0) is 9.63 Å². The lowest BCUT2D eigenvalue weighted by atomic mass is 9.84. The maximum Gasteiger partial charge on any atom is 0.272 e. The van der Waals surface area contributed by atoms with E-state index in [-0.39, 0.29) is 11.9 Å². The molecule has 2 aliphatic heterocycles. The summed E-state index contributed by atoms with van der Waals surface area (Å²) in [5.74, 6) is 7.24. The summed E-state index contributed by atoms with van der Waals surface area (Å²) in [4.78, 5) is 24.9. The van der Waals surface area contributed by atoms with Gasteiger partial charge >= 0.3 is 0 Å². The Kier molecular flexibility index (Phi) is 11.5. The summed E-state index contributed by atoms with van der Waals surface area (Å²) < 4.78 is 11.8. The molecule has 0 saturated carbocycles. The van der Waals surface area contributed by atoms with E-state index in [9.17, 15) is 4.79 Å². The molecule has 1 aromatic carbocycles. The lowest BCUT2D eigenvalue weighted by Crippen LogP contribution is -2.54. The minimum atomic E-state index is 0.0337.